The summed E-state index contributed by atoms with van der Waals surface area (Å²) in [6.07, 6.45) is 8.35. The molecule has 2 aliphatic rings. The second-order valence-corrected chi connectivity index (χ2v) is 15.0. The first-order valence-corrected chi connectivity index (χ1v) is 19.7. The molecular weight excluding hydrogens is 781 g/mol. The standard InChI is InChI=1S/C14H19ClN2O2.C13H18ClN3O2.C13H11ClN2O2/c1-2-16(11-6-4-3-5-7-11)14-9-8-12(17(18)19)10-13(14)15;1-15-7-5-10(6-8-15)16(2)13-4-3-11(17(18)19)9-12(13)14;14-12-8-11(16(17)18)6-7-13(12)15-9-10-4-2-1-3-5-10/h8-11H,2-7H2,1H3;3-4,9-10H,5-8H2,1-2H3;1-8,15H,9H2. The van der Waals surface area contributed by atoms with Crippen molar-refractivity contribution >= 4 is 68.9 Å². The van der Waals surface area contributed by atoms with Crippen molar-refractivity contribution in [1.82, 2.24) is 4.90 Å². The molecule has 0 radical (unpaired) electrons. The Morgan fingerprint density at radius 1 is 0.679 bits per heavy atom. The molecule has 1 N–H and O–H groups in total. The molecule has 1 saturated carbocycles. The number of rotatable bonds is 11. The van der Waals surface area contributed by atoms with E-state index in [1.165, 1.54) is 68.5 Å². The Kier molecular flexibility index (Phi) is 17.0. The van der Waals surface area contributed by atoms with E-state index in [9.17, 15) is 30.3 Å². The summed E-state index contributed by atoms with van der Waals surface area (Å²) in [5.74, 6) is 0. The normalized spacial score (nSPS) is 14.7. The number of hydrogen-bond donors (Lipinski definition) is 1. The highest BCUT2D eigenvalue weighted by molar-refractivity contribution is 6.34. The lowest BCUT2D eigenvalue weighted by atomic mass is 9.94. The van der Waals surface area contributed by atoms with Crippen LogP contribution in [0.15, 0.2) is 84.9 Å². The van der Waals surface area contributed by atoms with Gasteiger partial charge in [0.15, 0.2) is 0 Å². The molecule has 1 heterocycles. The second-order valence-electron chi connectivity index (χ2n) is 13.8. The fourth-order valence-electron chi connectivity index (χ4n) is 6.89. The molecule has 2 fully saturated rings. The summed E-state index contributed by atoms with van der Waals surface area (Å²) in [6, 6.07) is 24.6. The van der Waals surface area contributed by atoms with E-state index < -0.39 is 14.8 Å². The molecule has 0 aromatic heterocycles. The first-order chi connectivity index (χ1) is 26.8. The fourth-order valence-corrected chi connectivity index (χ4v) is 7.72. The quantitative estimate of drug-likeness (QED) is 0.114. The Balaban J connectivity index is 0.000000187. The van der Waals surface area contributed by atoms with Gasteiger partial charge in [-0.15, -0.1) is 0 Å². The van der Waals surface area contributed by atoms with E-state index >= 15 is 0 Å². The zero-order valence-electron chi connectivity index (χ0n) is 31.8. The molecule has 16 heteroatoms. The second kappa shape index (κ2) is 21.6. The molecule has 0 unspecified atom stereocenters. The van der Waals surface area contributed by atoms with Crippen molar-refractivity contribution in [2.75, 3.05) is 48.8 Å². The van der Waals surface area contributed by atoms with Crippen molar-refractivity contribution in [2.45, 2.75) is 70.5 Å². The van der Waals surface area contributed by atoms with Gasteiger partial charge in [0.05, 0.1) is 46.9 Å². The summed E-state index contributed by atoms with van der Waals surface area (Å²) >= 11 is 18.4. The molecule has 56 heavy (non-hydrogen) atoms. The van der Waals surface area contributed by atoms with E-state index in [0.717, 1.165) is 49.4 Å². The summed E-state index contributed by atoms with van der Waals surface area (Å²) in [5, 5.41) is 36.4. The molecule has 0 bridgehead atoms. The largest absolute Gasteiger partial charge is 0.380 e. The minimum atomic E-state index is -0.465. The highest BCUT2D eigenvalue weighted by Crippen LogP contribution is 2.35. The maximum absolute atomic E-state index is 10.7. The van der Waals surface area contributed by atoms with Gasteiger partial charge in [0.1, 0.15) is 0 Å². The van der Waals surface area contributed by atoms with Gasteiger partial charge in [0.25, 0.3) is 17.1 Å². The zero-order valence-corrected chi connectivity index (χ0v) is 34.1. The van der Waals surface area contributed by atoms with Crippen molar-refractivity contribution in [3.05, 3.63) is 136 Å². The topological polar surface area (TPSA) is 151 Å². The molecule has 300 valence electrons. The van der Waals surface area contributed by atoms with Gasteiger partial charge in [-0.1, -0.05) is 84.4 Å². The number of halogens is 3. The molecule has 6 rings (SSSR count). The number of hydrogen-bond acceptors (Lipinski definition) is 10. The minimum absolute atomic E-state index is 0.00902. The highest BCUT2D eigenvalue weighted by atomic mass is 35.5. The van der Waals surface area contributed by atoms with Crippen LogP contribution in [0.3, 0.4) is 0 Å². The Hall–Kier alpha value is -4.69. The van der Waals surface area contributed by atoms with Crippen molar-refractivity contribution in [1.29, 1.82) is 0 Å². The lowest BCUT2D eigenvalue weighted by Gasteiger charge is -2.36. The van der Waals surface area contributed by atoms with Crippen LogP contribution in [0.25, 0.3) is 0 Å². The maximum atomic E-state index is 10.7. The number of benzene rings is 4. The van der Waals surface area contributed by atoms with Crippen molar-refractivity contribution in [3.63, 3.8) is 0 Å². The third-order valence-corrected chi connectivity index (χ3v) is 11.0. The molecule has 4 aromatic carbocycles. The molecule has 1 aliphatic carbocycles. The van der Waals surface area contributed by atoms with Crippen LogP contribution in [-0.2, 0) is 6.54 Å². The van der Waals surface area contributed by atoms with Crippen molar-refractivity contribution in [2.24, 2.45) is 0 Å². The molecular formula is C40H48Cl3N7O6. The monoisotopic (exact) mass is 827 g/mol. The van der Waals surface area contributed by atoms with Crippen LogP contribution >= 0.6 is 34.8 Å². The summed E-state index contributed by atoms with van der Waals surface area (Å²) in [5.41, 5.74) is 3.66. The number of nitro benzene ring substituents is 3. The summed E-state index contributed by atoms with van der Waals surface area (Å²) in [4.78, 5) is 37.4. The van der Waals surface area contributed by atoms with E-state index in [2.05, 4.69) is 34.0 Å². The van der Waals surface area contributed by atoms with E-state index in [0.29, 0.717) is 39.4 Å². The Morgan fingerprint density at radius 2 is 1.18 bits per heavy atom. The maximum Gasteiger partial charge on any atom is 0.271 e. The van der Waals surface area contributed by atoms with E-state index in [1.807, 2.05) is 37.4 Å². The molecule has 0 spiro atoms. The van der Waals surface area contributed by atoms with Crippen LogP contribution in [0, 0.1) is 30.3 Å². The number of likely N-dealkylation sites (tertiary alicyclic amines) is 1. The van der Waals surface area contributed by atoms with Gasteiger partial charge in [-0.05, 0) is 76.5 Å². The first-order valence-electron chi connectivity index (χ1n) is 18.6. The number of piperidine rings is 1. The predicted octanol–water partition coefficient (Wildman–Crippen LogP) is 11.0. The number of nitro groups is 3. The van der Waals surface area contributed by atoms with E-state index in [-0.39, 0.29) is 17.1 Å². The molecule has 0 atom stereocenters. The molecule has 1 aliphatic heterocycles. The van der Waals surface area contributed by atoms with E-state index in [1.54, 1.807) is 18.2 Å². The lowest BCUT2D eigenvalue weighted by Crippen LogP contribution is -2.42. The van der Waals surface area contributed by atoms with Crippen LogP contribution in [-0.4, -0.2) is 65.5 Å². The SMILES string of the molecule is CCN(c1ccc([N+](=O)[O-])cc1Cl)C1CCCCC1.CN1CCC(N(C)c2ccc([N+](=O)[O-])cc2Cl)CC1.O=[N+]([O-])c1ccc(NCc2ccccc2)c(Cl)c1. The van der Waals surface area contributed by atoms with Gasteiger partial charge < -0.3 is 20.0 Å². The summed E-state index contributed by atoms with van der Waals surface area (Å²) in [6.45, 7) is 5.74. The fraction of sp³-hybridized carbons (Fsp3) is 0.400. The Labute approximate surface area is 342 Å². The molecule has 13 nitrogen and oxygen atoms in total. The smallest absolute Gasteiger partial charge is 0.271 e. The highest BCUT2D eigenvalue weighted by Gasteiger charge is 2.24. The van der Waals surface area contributed by atoms with Crippen molar-refractivity contribution < 1.29 is 14.8 Å². The van der Waals surface area contributed by atoms with Crippen LogP contribution in [0.1, 0.15) is 57.4 Å². The summed E-state index contributed by atoms with van der Waals surface area (Å²) in [7, 11) is 4.12. The third kappa shape index (κ3) is 12.7. The Bertz CT molecular complexity index is 1930. The van der Waals surface area contributed by atoms with Crippen LogP contribution in [0.5, 0.6) is 0 Å². The number of nitrogens with one attached hydrogen (secondary N) is 1. The minimum Gasteiger partial charge on any atom is -0.380 e. The van der Waals surface area contributed by atoms with Crippen molar-refractivity contribution in [3.8, 4) is 0 Å². The third-order valence-electron chi connectivity index (χ3n) is 10.1. The van der Waals surface area contributed by atoms with Gasteiger partial charge >= 0.3 is 0 Å². The van der Waals surface area contributed by atoms with Gasteiger partial charge in [-0.2, -0.15) is 0 Å². The average Bonchev–Trinajstić information content (AvgIpc) is 3.19. The molecule has 4 aromatic rings. The number of nitrogens with zero attached hydrogens (tertiary/aromatic N) is 6. The molecule has 0 amide bonds. The lowest BCUT2D eigenvalue weighted by molar-refractivity contribution is -0.385. The van der Waals surface area contributed by atoms with Gasteiger partial charge in [-0.25, -0.2) is 0 Å². The van der Waals surface area contributed by atoms with Crippen LogP contribution in [0.2, 0.25) is 15.1 Å². The van der Waals surface area contributed by atoms with Crippen LogP contribution in [0.4, 0.5) is 34.1 Å². The molecule has 1 saturated heterocycles. The zero-order chi connectivity index (χ0) is 40.8. The van der Waals surface area contributed by atoms with Gasteiger partial charge in [0, 0.05) is 68.6 Å². The van der Waals surface area contributed by atoms with E-state index in [4.69, 9.17) is 34.8 Å². The predicted molar refractivity (Wildman–Crippen MR) is 227 cm³/mol. The Morgan fingerprint density at radius 3 is 1.66 bits per heavy atom. The number of non-ortho nitro benzene ring substituents is 3. The van der Waals surface area contributed by atoms with Gasteiger partial charge in [-0.3, -0.25) is 30.3 Å². The average molecular weight is 829 g/mol. The summed E-state index contributed by atoms with van der Waals surface area (Å²) < 4.78 is 0. The number of anilines is 3. The van der Waals surface area contributed by atoms with Crippen LogP contribution < -0.4 is 15.1 Å². The first kappa shape index (κ1) is 44.0. The van der Waals surface area contributed by atoms with Gasteiger partial charge in [0.2, 0.25) is 0 Å².